The highest BCUT2D eigenvalue weighted by molar-refractivity contribution is 14.0. The van der Waals surface area contributed by atoms with Crippen LogP contribution in [-0.4, -0.2) is 87.2 Å². The molecule has 2 aliphatic heterocycles. The van der Waals surface area contributed by atoms with Crippen molar-refractivity contribution in [2.45, 2.75) is 32.7 Å². The Balaban J connectivity index is 0.00000341. The summed E-state index contributed by atoms with van der Waals surface area (Å²) < 4.78 is 5.17. The van der Waals surface area contributed by atoms with Crippen LogP contribution in [0.5, 0.6) is 0 Å². The van der Waals surface area contributed by atoms with Crippen molar-refractivity contribution in [3.05, 3.63) is 30.3 Å². The van der Waals surface area contributed by atoms with E-state index in [1.165, 1.54) is 5.69 Å². The lowest BCUT2D eigenvalue weighted by Gasteiger charge is -2.40. The molecule has 0 bridgehead atoms. The molecule has 7 nitrogen and oxygen atoms in total. The van der Waals surface area contributed by atoms with Crippen LogP contribution >= 0.6 is 24.0 Å². The van der Waals surface area contributed by atoms with Crippen LogP contribution < -0.4 is 10.2 Å². The standard InChI is InChI=1S/C23H37N5O2.HI/c1-4-30-22(29)20-10-12-28(13-11-20)23(24-3)25-18-19(2)26-14-16-27(17-15-26)21-8-6-5-7-9-21;/h5-9,19-20H,4,10-18H2,1-3H3,(H,24,25);1H. The summed E-state index contributed by atoms with van der Waals surface area (Å²) in [5, 5.41) is 3.55. The number of anilines is 1. The molecule has 31 heavy (non-hydrogen) atoms. The maximum atomic E-state index is 12.0. The molecule has 0 aliphatic carbocycles. The summed E-state index contributed by atoms with van der Waals surface area (Å²) in [6, 6.07) is 11.1. The summed E-state index contributed by atoms with van der Waals surface area (Å²) in [5.74, 6) is 0.912. The van der Waals surface area contributed by atoms with E-state index in [-0.39, 0.29) is 35.9 Å². The molecule has 174 valence electrons. The largest absolute Gasteiger partial charge is 0.466 e. The van der Waals surface area contributed by atoms with E-state index in [4.69, 9.17) is 4.74 Å². The molecule has 1 aromatic rings. The van der Waals surface area contributed by atoms with Gasteiger partial charge >= 0.3 is 5.97 Å². The SMILES string of the molecule is CCOC(=O)C1CCN(C(=NC)NCC(C)N2CCN(c3ccccc3)CC2)CC1.I. The Bertz CT molecular complexity index is 686. The summed E-state index contributed by atoms with van der Waals surface area (Å²) in [4.78, 5) is 23.7. The quantitative estimate of drug-likeness (QED) is 0.258. The van der Waals surface area contributed by atoms with Crippen molar-refractivity contribution in [1.82, 2.24) is 15.1 Å². The molecule has 0 saturated carbocycles. The van der Waals surface area contributed by atoms with Crippen LogP contribution in [0.25, 0.3) is 0 Å². The molecule has 1 unspecified atom stereocenters. The number of benzene rings is 1. The summed E-state index contributed by atoms with van der Waals surface area (Å²) >= 11 is 0. The Morgan fingerprint density at radius 3 is 2.35 bits per heavy atom. The number of ether oxygens (including phenoxy) is 1. The molecule has 1 aromatic carbocycles. The molecule has 2 heterocycles. The van der Waals surface area contributed by atoms with Crippen molar-refractivity contribution in [2.24, 2.45) is 10.9 Å². The number of piperidine rings is 1. The molecule has 0 amide bonds. The minimum atomic E-state index is -0.0524. The zero-order valence-electron chi connectivity index (χ0n) is 19.1. The second kappa shape index (κ2) is 13.1. The summed E-state index contributed by atoms with van der Waals surface area (Å²) in [7, 11) is 1.84. The van der Waals surface area contributed by atoms with Gasteiger partial charge < -0.3 is 19.9 Å². The van der Waals surface area contributed by atoms with Gasteiger partial charge in [0.1, 0.15) is 0 Å². The first-order chi connectivity index (χ1) is 14.6. The zero-order valence-corrected chi connectivity index (χ0v) is 21.5. The highest BCUT2D eigenvalue weighted by Crippen LogP contribution is 2.19. The van der Waals surface area contributed by atoms with E-state index < -0.39 is 0 Å². The molecule has 1 atom stereocenters. The Hall–Kier alpha value is -1.55. The number of carbonyl (C=O) groups excluding carboxylic acids is 1. The normalized spacial score (nSPS) is 19.5. The minimum absolute atomic E-state index is 0. The Labute approximate surface area is 204 Å². The molecule has 0 radical (unpaired) electrons. The van der Waals surface area contributed by atoms with E-state index in [1.807, 2.05) is 14.0 Å². The molecule has 0 aromatic heterocycles. The zero-order chi connectivity index (χ0) is 21.3. The van der Waals surface area contributed by atoms with Crippen molar-refractivity contribution in [3.63, 3.8) is 0 Å². The number of hydrogen-bond donors (Lipinski definition) is 1. The van der Waals surface area contributed by atoms with Crippen molar-refractivity contribution in [1.29, 1.82) is 0 Å². The van der Waals surface area contributed by atoms with Gasteiger partial charge in [0.25, 0.3) is 0 Å². The van der Waals surface area contributed by atoms with Crippen LogP contribution in [0.15, 0.2) is 35.3 Å². The van der Waals surface area contributed by atoms with E-state index in [9.17, 15) is 4.79 Å². The number of esters is 1. The van der Waals surface area contributed by atoms with Gasteiger partial charge in [0.2, 0.25) is 0 Å². The van der Waals surface area contributed by atoms with Crippen molar-refractivity contribution in [2.75, 3.05) is 64.4 Å². The lowest BCUT2D eigenvalue weighted by Crippen LogP contribution is -2.54. The first-order valence-electron chi connectivity index (χ1n) is 11.3. The van der Waals surface area contributed by atoms with Gasteiger partial charge in [-0.25, -0.2) is 0 Å². The third-order valence-corrected chi connectivity index (χ3v) is 6.24. The number of hydrogen-bond acceptors (Lipinski definition) is 5. The predicted octanol–water partition coefficient (Wildman–Crippen LogP) is 2.67. The highest BCUT2D eigenvalue weighted by Gasteiger charge is 2.28. The van der Waals surface area contributed by atoms with Gasteiger partial charge in [0.05, 0.1) is 12.5 Å². The second-order valence-corrected chi connectivity index (χ2v) is 8.15. The lowest BCUT2D eigenvalue weighted by molar-refractivity contribution is -0.149. The Kier molecular flexibility index (Phi) is 10.9. The maximum Gasteiger partial charge on any atom is 0.309 e. The first kappa shape index (κ1) is 25.7. The number of carbonyl (C=O) groups is 1. The monoisotopic (exact) mass is 543 g/mol. The van der Waals surface area contributed by atoms with E-state index in [0.717, 1.165) is 64.6 Å². The average Bonchev–Trinajstić information content (AvgIpc) is 2.80. The third kappa shape index (κ3) is 7.24. The third-order valence-electron chi connectivity index (χ3n) is 6.24. The van der Waals surface area contributed by atoms with Gasteiger partial charge in [-0.3, -0.25) is 14.7 Å². The number of para-hydroxylation sites is 1. The van der Waals surface area contributed by atoms with E-state index in [0.29, 0.717) is 12.6 Å². The molecule has 8 heteroatoms. The van der Waals surface area contributed by atoms with Crippen LogP contribution in [0, 0.1) is 5.92 Å². The van der Waals surface area contributed by atoms with Gasteiger partial charge in [-0.1, -0.05) is 18.2 Å². The van der Waals surface area contributed by atoms with Crippen LogP contribution in [-0.2, 0) is 9.53 Å². The van der Waals surface area contributed by atoms with Gasteiger partial charge in [-0.2, -0.15) is 0 Å². The summed E-state index contributed by atoms with van der Waals surface area (Å²) in [6.45, 7) is 11.4. The molecule has 1 N–H and O–H groups in total. The first-order valence-corrected chi connectivity index (χ1v) is 11.3. The van der Waals surface area contributed by atoms with E-state index in [2.05, 4.69) is 62.3 Å². The summed E-state index contributed by atoms with van der Waals surface area (Å²) in [5.41, 5.74) is 1.31. The van der Waals surface area contributed by atoms with Crippen LogP contribution in [0.1, 0.15) is 26.7 Å². The molecule has 2 aliphatic rings. The van der Waals surface area contributed by atoms with E-state index >= 15 is 0 Å². The van der Waals surface area contributed by atoms with Crippen molar-refractivity contribution in [3.8, 4) is 0 Å². The topological polar surface area (TPSA) is 60.4 Å². The Morgan fingerprint density at radius 2 is 1.77 bits per heavy atom. The summed E-state index contributed by atoms with van der Waals surface area (Å²) in [6.07, 6.45) is 1.66. The molecular formula is C23H38IN5O2. The number of aliphatic imine (C=N–C) groups is 1. The van der Waals surface area contributed by atoms with Crippen LogP contribution in [0.3, 0.4) is 0 Å². The molecular weight excluding hydrogens is 505 g/mol. The minimum Gasteiger partial charge on any atom is -0.466 e. The fourth-order valence-corrected chi connectivity index (χ4v) is 4.35. The predicted molar refractivity (Wildman–Crippen MR) is 137 cm³/mol. The smallest absolute Gasteiger partial charge is 0.309 e. The fourth-order valence-electron chi connectivity index (χ4n) is 4.35. The number of likely N-dealkylation sites (tertiary alicyclic amines) is 1. The molecule has 0 spiro atoms. The number of rotatable bonds is 6. The van der Waals surface area contributed by atoms with Crippen LogP contribution in [0.2, 0.25) is 0 Å². The number of guanidine groups is 1. The van der Waals surface area contributed by atoms with Crippen molar-refractivity contribution >= 4 is 41.6 Å². The van der Waals surface area contributed by atoms with Crippen molar-refractivity contribution < 1.29 is 9.53 Å². The number of piperazine rings is 1. The fraction of sp³-hybridized carbons (Fsp3) is 0.652. The molecule has 2 fully saturated rings. The van der Waals surface area contributed by atoms with Gasteiger partial charge in [-0.15, -0.1) is 24.0 Å². The average molecular weight is 543 g/mol. The van der Waals surface area contributed by atoms with Gasteiger partial charge in [0.15, 0.2) is 5.96 Å². The number of nitrogens with zero attached hydrogens (tertiary/aromatic N) is 4. The highest BCUT2D eigenvalue weighted by atomic mass is 127. The van der Waals surface area contributed by atoms with E-state index in [1.54, 1.807) is 0 Å². The molecule has 2 saturated heterocycles. The van der Waals surface area contributed by atoms with Gasteiger partial charge in [-0.05, 0) is 38.8 Å². The van der Waals surface area contributed by atoms with Crippen LogP contribution in [0.4, 0.5) is 5.69 Å². The molecule has 3 rings (SSSR count). The van der Waals surface area contributed by atoms with Gasteiger partial charge in [0, 0.05) is 64.6 Å². The Morgan fingerprint density at radius 1 is 1.13 bits per heavy atom. The lowest BCUT2D eigenvalue weighted by atomic mass is 9.97. The number of halogens is 1. The maximum absolute atomic E-state index is 12.0. The number of nitrogens with one attached hydrogen (secondary N) is 1. The second-order valence-electron chi connectivity index (χ2n) is 8.15.